The summed E-state index contributed by atoms with van der Waals surface area (Å²) in [7, 11) is 4.15. The van der Waals surface area contributed by atoms with Crippen molar-refractivity contribution < 1.29 is 9.26 Å². The van der Waals surface area contributed by atoms with Crippen LogP contribution < -0.4 is 4.74 Å². The molecular weight excluding hydrogens is 482 g/mol. The van der Waals surface area contributed by atoms with Crippen molar-refractivity contribution in [3.8, 4) is 11.8 Å². The van der Waals surface area contributed by atoms with Gasteiger partial charge in [0, 0.05) is 18.5 Å². The lowest BCUT2D eigenvalue weighted by atomic mass is 9.91. The highest BCUT2D eigenvalue weighted by Gasteiger charge is 2.25. The highest BCUT2D eigenvalue weighted by atomic mass is 32.2. The molecule has 2 aliphatic rings. The van der Waals surface area contributed by atoms with Crippen LogP contribution >= 0.6 is 11.8 Å². The second kappa shape index (κ2) is 11.8. The summed E-state index contributed by atoms with van der Waals surface area (Å²) in [6, 6.07) is 10.4. The zero-order chi connectivity index (χ0) is 25.8. The molecule has 1 aliphatic heterocycles. The van der Waals surface area contributed by atoms with Gasteiger partial charge in [-0.05, 0) is 108 Å². The fourth-order valence-corrected chi connectivity index (χ4v) is 5.72. The number of thioether (sulfide) groups is 1. The van der Waals surface area contributed by atoms with E-state index in [1.54, 1.807) is 0 Å². The minimum Gasteiger partial charge on any atom is -0.493 e. The minimum absolute atomic E-state index is 0.659. The molecule has 3 heterocycles. The number of aryl methyl sites for hydroxylation is 1. The van der Waals surface area contributed by atoms with Gasteiger partial charge in [0.2, 0.25) is 0 Å². The molecule has 1 saturated heterocycles. The van der Waals surface area contributed by atoms with Gasteiger partial charge < -0.3 is 14.2 Å². The first kappa shape index (κ1) is 26.0. The van der Waals surface area contributed by atoms with Crippen LogP contribution in [0.1, 0.15) is 54.6 Å². The predicted octanol–water partition coefficient (Wildman–Crippen LogP) is 5.51. The Hall–Kier alpha value is -2.60. The van der Waals surface area contributed by atoms with Crippen molar-refractivity contribution in [1.82, 2.24) is 19.9 Å². The molecule has 1 aromatic carbocycles. The maximum absolute atomic E-state index is 9.24. The number of fused-ring (bicyclic) bond motifs is 1. The Labute approximate surface area is 224 Å². The van der Waals surface area contributed by atoms with E-state index in [-0.39, 0.29) is 0 Å². The van der Waals surface area contributed by atoms with Crippen molar-refractivity contribution in [1.29, 1.82) is 5.26 Å². The molecule has 0 unspecified atom stereocenters. The molecular formula is C29H37N5O2S. The molecule has 7 nitrogen and oxygen atoms in total. The lowest BCUT2D eigenvalue weighted by molar-refractivity contribution is 0.170. The van der Waals surface area contributed by atoms with E-state index in [2.05, 4.69) is 47.3 Å². The smallest absolute Gasteiger partial charge is 0.175 e. The molecule has 0 spiro atoms. The molecule has 5 rings (SSSR count). The summed E-state index contributed by atoms with van der Waals surface area (Å²) in [5.41, 5.74) is 4.76. The van der Waals surface area contributed by atoms with Gasteiger partial charge in [0.25, 0.3) is 0 Å². The number of nitriles is 1. The maximum Gasteiger partial charge on any atom is 0.175 e. The average Bonchev–Trinajstić information content (AvgIpc) is 3.65. The molecule has 0 amide bonds. The Balaban J connectivity index is 1.17. The zero-order valence-corrected chi connectivity index (χ0v) is 23.0. The molecule has 2 fully saturated rings. The molecule has 8 heteroatoms. The van der Waals surface area contributed by atoms with E-state index in [0.717, 1.165) is 84.3 Å². The first-order chi connectivity index (χ1) is 18.0. The number of piperidine rings is 1. The van der Waals surface area contributed by atoms with E-state index in [1.807, 2.05) is 18.4 Å². The lowest BCUT2D eigenvalue weighted by Gasteiger charge is -2.31. The standard InChI is InChI=1S/C29H37N5O2S/c1-33(2)18-25-27(35-19-21-4-5-21)11-9-24-26(32-36-28(24)25)10-6-20-12-14-34(15-13-20)17-23-8-7-22(16-30)29(31-23)37-3/h7-9,11,20-21H,4-6,10,12-15,17-19H2,1-3H3. The number of hydrogen-bond donors (Lipinski definition) is 0. The number of pyridine rings is 1. The van der Waals surface area contributed by atoms with Crippen molar-refractivity contribution >= 4 is 22.7 Å². The molecule has 0 N–H and O–H groups in total. The van der Waals surface area contributed by atoms with Crippen molar-refractivity contribution in [2.45, 2.75) is 56.6 Å². The second-order valence-electron chi connectivity index (χ2n) is 10.8. The Bertz CT molecular complexity index is 1260. The van der Waals surface area contributed by atoms with Crippen LogP contribution in [0, 0.1) is 23.2 Å². The van der Waals surface area contributed by atoms with Crippen LogP contribution in [0.3, 0.4) is 0 Å². The molecule has 196 valence electrons. The lowest BCUT2D eigenvalue weighted by Crippen LogP contribution is -2.33. The van der Waals surface area contributed by atoms with E-state index in [9.17, 15) is 5.26 Å². The first-order valence-electron chi connectivity index (χ1n) is 13.4. The van der Waals surface area contributed by atoms with Gasteiger partial charge in [-0.3, -0.25) is 4.90 Å². The number of hydrogen-bond acceptors (Lipinski definition) is 8. The first-order valence-corrected chi connectivity index (χ1v) is 14.6. The number of benzene rings is 1. The molecule has 2 aromatic heterocycles. The average molecular weight is 520 g/mol. The van der Waals surface area contributed by atoms with Crippen molar-refractivity contribution in [3.05, 3.63) is 46.8 Å². The van der Waals surface area contributed by atoms with E-state index in [4.69, 9.17) is 14.2 Å². The summed E-state index contributed by atoms with van der Waals surface area (Å²) in [5.74, 6) is 2.35. The van der Waals surface area contributed by atoms with Crippen LogP contribution in [-0.4, -0.2) is 60.0 Å². The maximum atomic E-state index is 9.24. The highest BCUT2D eigenvalue weighted by Crippen LogP contribution is 2.35. The number of nitrogens with zero attached hydrogens (tertiary/aromatic N) is 5. The summed E-state index contributed by atoms with van der Waals surface area (Å²) >= 11 is 1.54. The summed E-state index contributed by atoms with van der Waals surface area (Å²) in [6.07, 6.45) is 8.98. The van der Waals surface area contributed by atoms with E-state index >= 15 is 0 Å². The number of aromatic nitrogens is 2. The fraction of sp³-hybridized carbons (Fsp3) is 0.552. The Morgan fingerprint density at radius 2 is 1.95 bits per heavy atom. The summed E-state index contributed by atoms with van der Waals surface area (Å²) < 4.78 is 12.1. The highest BCUT2D eigenvalue weighted by molar-refractivity contribution is 7.98. The summed E-state index contributed by atoms with van der Waals surface area (Å²) in [6.45, 7) is 4.58. The van der Waals surface area contributed by atoms with E-state index in [0.29, 0.717) is 17.4 Å². The third-order valence-corrected chi connectivity index (χ3v) is 8.23. The predicted molar refractivity (Wildman–Crippen MR) is 147 cm³/mol. The Morgan fingerprint density at radius 1 is 1.14 bits per heavy atom. The van der Waals surface area contributed by atoms with Gasteiger partial charge >= 0.3 is 0 Å². The monoisotopic (exact) mass is 519 g/mol. The van der Waals surface area contributed by atoms with Gasteiger partial charge in [-0.25, -0.2) is 4.98 Å². The molecule has 3 aromatic rings. The number of likely N-dealkylation sites (tertiary alicyclic amines) is 1. The van der Waals surface area contributed by atoms with Crippen LogP contribution in [0.15, 0.2) is 33.8 Å². The molecule has 1 saturated carbocycles. The van der Waals surface area contributed by atoms with Gasteiger partial charge in [-0.15, -0.1) is 11.8 Å². The van der Waals surface area contributed by atoms with Crippen LogP contribution in [0.2, 0.25) is 0 Å². The van der Waals surface area contributed by atoms with Crippen LogP contribution in [0.5, 0.6) is 5.75 Å². The Kier molecular flexibility index (Phi) is 8.33. The van der Waals surface area contributed by atoms with Gasteiger partial charge in [0.1, 0.15) is 16.8 Å². The minimum atomic E-state index is 0.659. The van der Waals surface area contributed by atoms with E-state index in [1.165, 1.54) is 37.4 Å². The SMILES string of the molecule is CSc1nc(CN2CCC(CCc3noc4c(CN(C)C)c(OCC5CC5)ccc34)CC2)ccc1C#N. The molecule has 0 bridgehead atoms. The van der Waals surface area contributed by atoms with Crippen molar-refractivity contribution in [2.24, 2.45) is 11.8 Å². The van der Waals surface area contributed by atoms with Crippen molar-refractivity contribution in [2.75, 3.05) is 40.0 Å². The summed E-state index contributed by atoms with van der Waals surface area (Å²) in [5, 5.41) is 15.7. The van der Waals surface area contributed by atoms with Crippen molar-refractivity contribution in [3.63, 3.8) is 0 Å². The molecule has 1 aliphatic carbocycles. The quantitative estimate of drug-likeness (QED) is 0.307. The normalized spacial score (nSPS) is 16.9. The third-order valence-electron chi connectivity index (χ3n) is 7.54. The van der Waals surface area contributed by atoms with Gasteiger partial charge in [-0.2, -0.15) is 5.26 Å². The van der Waals surface area contributed by atoms with Gasteiger partial charge in [0.05, 0.1) is 29.1 Å². The number of ether oxygens (including phenoxy) is 1. The second-order valence-corrected chi connectivity index (χ2v) is 11.6. The molecule has 0 radical (unpaired) electrons. The van der Waals surface area contributed by atoms with Crippen LogP contribution in [0.25, 0.3) is 11.0 Å². The van der Waals surface area contributed by atoms with Gasteiger partial charge in [0.15, 0.2) is 5.58 Å². The fourth-order valence-electron chi connectivity index (χ4n) is 5.18. The van der Waals surface area contributed by atoms with Crippen LogP contribution in [0.4, 0.5) is 0 Å². The molecule has 37 heavy (non-hydrogen) atoms. The Morgan fingerprint density at radius 3 is 2.65 bits per heavy atom. The zero-order valence-electron chi connectivity index (χ0n) is 22.2. The molecule has 0 atom stereocenters. The third kappa shape index (κ3) is 6.46. The number of rotatable bonds is 11. The largest absolute Gasteiger partial charge is 0.493 e. The summed E-state index contributed by atoms with van der Waals surface area (Å²) in [4.78, 5) is 9.34. The van der Waals surface area contributed by atoms with Gasteiger partial charge in [-0.1, -0.05) is 5.16 Å². The van der Waals surface area contributed by atoms with Crippen LogP contribution in [-0.2, 0) is 19.5 Å². The topological polar surface area (TPSA) is 78.4 Å². The van der Waals surface area contributed by atoms with E-state index < -0.39 is 0 Å².